The summed E-state index contributed by atoms with van der Waals surface area (Å²) < 4.78 is 14.5. The molecule has 2 aliphatic rings. The molecule has 0 radical (unpaired) electrons. The SMILES string of the molecule is CN1C(=O)c2cc(C(=O)NCc3ccc(F)cc3)nn2C[C@@]1(C)C(=O)NC1CCCCC1. The molecule has 32 heavy (non-hydrogen) atoms. The van der Waals surface area contributed by atoms with Crippen molar-refractivity contribution < 1.29 is 18.8 Å². The van der Waals surface area contributed by atoms with E-state index in [1.807, 2.05) is 0 Å². The molecule has 2 heterocycles. The number of likely N-dealkylation sites (N-methyl/N-ethyl adjacent to an activating group) is 1. The van der Waals surface area contributed by atoms with E-state index < -0.39 is 11.4 Å². The number of hydrogen-bond donors (Lipinski definition) is 2. The second-order valence-electron chi connectivity index (χ2n) is 8.83. The van der Waals surface area contributed by atoms with E-state index in [1.54, 1.807) is 26.1 Å². The Balaban J connectivity index is 1.47. The fourth-order valence-electron chi connectivity index (χ4n) is 4.30. The highest BCUT2D eigenvalue weighted by atomic mass is 19.1. The molecule has 3 amide bonds. The molecule has 1 aromatic carbocycles. The number of benzene rings is 1. The number of carbonyl (C=O) groups is 3. The number of hydrogen-bond acceptors (Lipinski definition) is 4. The van der Waals surface area contributed by atoms with Crippen LogP contribution in [-0.4, -0.2) is 51.0 Å². The summed E-state index contributed by atoms with van der Waals surface area (Å²) >= 11 is 0. The first-order valence-electron chi connectivity index (χ1n) is 11.0. The first-order valence-corrected chi connectivity index (χ1v) is 11.0. The van der Waals surface area contributed by atoms with E-state index in [0.29, 0.717) is 0 Å². The van der Waals surface area contributed by atoms with Crippen LogP contribution in [0.3, 0.4) is 0 Å². The maximum Gasteiger partial charge on any atom is 0.272 e. The summed E-state index contributed by atoms with van der Waals surface area (Å²) in [5.74, 6) is -1.36. The number of aromatic nitrogens is 2. The number of fused-ring (bicyclic) bond motifs is 1. The Hall–Kier alpha value is -3.23. The van der Waals surface area contributed by atoms with Crippen molar-refractivity contribution in [3.63, 3.8) is 0 Å². The van der Waals surface area contributed by atoms with Crippen LogP contribution in [0.1, 0.15) is 65.6 Å². The minimum absolute atomic E-state index is 0.0980. The summed E-state index contributed by atoms with van der Waals surface area (Å²) in [6.45, 7) is 2.09. The smallest absolute Gasteiger partial charge is 0.272 e. The number of rotatable bonds is 5. The van der Waals surface area contributed by atoms with Gasteiger partial charge in [-0.05, 0) is 37.5 Å². The Labute approximate surface area is 186 Å². The van der Waals surface area contributed by atoms with Crippen LogP contribution in [0.25, 0.3) is 0 Å². The highest BCUT2D eigenvalue weighted by molar-refractivity contribution is 6.01. The second kappa shape index (κ2) is 8.72. The van der Waals surface area contributed by atoms with Gasteiger partial charge in [0.15, 0.2) is 5.69 Å². The number of carbonyl (C=O) groups excluding carboxylic acids is 3. The van der Waals surface area contributed by atoms with E-state index in [9.17, 15) is 18.8 Å². The highest BCUT2D eigenvalue weighted by Crippen LogP contribution is 2.27. The standard InChI is InChI=1S/C23H28FN5O3/c1-23(22(32)26-17-6-4-3-5-7-17)14-29-19(21(31)28(23)2)12-18(27-29)20(30)25-13-15-8-10-16(24)11-9-15/h8-12,17H,3-7,13-14H2,1-2H3,(H,25,30)(H,26,32)/t23-/m0/s1. The molecule has 170 valence electrons. The van der Waals surface area contributed by atoms with Gasteiger partial charge in [-0.25, -0.2) is 4.39 Å². The van der Waals surface area contributed by atoms with Crippen LogP contribution in [0.15, 0.2) is 30.3 Å². The largest absolute Gasteiger partial charge is 0.351 e. The molecule has 1 fully saturated rings. The van der Waals surface area contributed by atoms with Gasteiger partial charge in [0.25, 0.3) is 11.8 Å². The number of halogens is 1. The van der Waals surface area contributed by atoms with E-state index in [-0.39, 0.29) is 48.2 Å². The van der Waals surface area contributed by atoms with E-state index in [4.69, 9.17) is 0 Å². The van der Waals surface area contributed by atoms with Crippen LogP contribution in [0.2, 0.25) is 0 Å². The Morgan fingerprint density at radius 1 is 1.19 bits per heavy atom. The van der Waals surface area contributed by atoms with Gasteiger partial charge in [0.05, 0.1) is 6.54 Å². The van der Waals surface area contributed by atoms with Gasteiger partial charge in [0.1, 0.15) is 17.1 Å². The minimum Gasteiger partial charge on any atom is -0.351 e. The van der Waals surface area contributed by atoms with Gasteiger partial charge in [-0.15, -0.1) is 0 Å². The molecule has 2 aromatic rings. The minimum atomic E-state index is -1.10. The molecule has 8 nitrogen and oxygen atoms in total. The average Bonchev–Trinajstić information content (AvgIpc) is 3.21. The first kappa shape index (κ1) is 22.0. The normalized spacial score (nSPS) is 21.2. The highest BCUT2D eigenvalue weighted by Gasteiger charge is 2.46. The zero-order valence-electron chi connectivity index (χ0n) is 18.4. The molecule has 1 aliphatic carbocycles. The summed E-state index contributed by atoms with van der Waals surface area (Å²) in [4.78, 5) is 40.1. The van der Waals surface area contributed by atoms with Crippen molar-refractivity contribution in [2.45, 2.75) is 63.7 Å². The van der Waals surface area contributed by atoms with Crippen LogP contribution < -0.4 is 10.6 Å². The van der Waals surface area contributed by atoms with E-state index in [1.165, 1.54) is 34.2 Å². The van der Waals surface area contributed by atoms with Crippen LogP contribution in [0, 0.1) is 5.82 Å². The molecule has 2 N–H and O–H groups in total. The number of nitrogens with zero attached hydrogens (tertiary/aromatic N) is 3. The molecule has 0 saturated heterocycles. The van der Waals surface area contributed by atoms with Gasteiger partial charge >= 0.3 is 0 Å². The summed E-state index contributed by atoms with van der Waals surface area (Å²) in [5.41, 5.74) is 0.00439. The number of nitrogens with one attached hydrogen (secondary N) is 2. The lowest BCUT2D eigenvalue weighted by molar-refractivity contribution is -0.133. The third-order valence-electron chi connectivity index (χ3n) is 6.53. The molecule has 1 aromatic heterocycles. The predicted octanol–water partition coefficient (Wildman–Crippen LogP) is 2.25. The van der Waals surface area contributed by atoms with Crippen LogP contribution in [-0.2, 0) is 17.9 Å². The maximum atomic E-state index is 13.1. The molecular formula is C23H28FN5O3. The van der Waals surface area contributed by atoms with Crippen molar-refractivity contribution in [3.8, 4) is 0 Å². The fraction of sp³-hybridized carbons (Fsp3) is 0.478. The van der Waals surface area contributed by atoms with Gasteiger partial charge < -0.3 is 15.5 Å². The van der Waals surface area contributed by atoms with Gasteiger partial charge in [-0.3, -0.25) is 19.1 Å². The van der Waals surface area contributed by atoms with E-state index >= 15 is 0 Å². The van der Waals surface area contributed by atoms with Gasteiger partial charge in [-0.2, -0.15) is 5.10 Å². The van der Waals surface area contributed by atoms with Crippen LogP contribution in [0.4, 0.5) is 4.39 Å². The Morgan fingerprint density at radius 3 is 2.56 bits per heavy atom. The molecule has 0 spiro atoms. The summed E-state index contributed by atoms with van der Waals surface area (Å²) in [5, 5.41) is 10.1. The molecule has 1 saturated carbocycles. The van der Waals surface area contributed by atoms with Crippen molar-refractivity contribution in [1.82, 2.24) is 25.3 Å². The summed E-state index contributed by atoms with van der Waals surface area (Å²) in [7, 11) is 1.60. The quantitative estimate of drug-likeness (QED) is 0.744. The van der Waals surface area contributed by atoms with Crippen molar-refractivity contribution in [3.05, 3.63) is 53.1 Å². The number of amides is 3. The summed E-state index contributed by atoms with van der Waals surface area (Å²) in [6.07, 6.45) is 5.27. The van der Waals surface area contributed by atoms with Crippen molar-refractivity contribution >= 4 is 17.7 Å². The van der Waals surface area contributed by atoms with Crippen molar-refractivity contribution in [2.24, 2.45) is 0 Å². The molecule has 9 heteroatoms. The van der Waals surface area contributed by atoms with Gasteiger partial charge in [0, 0.05) is 25.7 Å². The molecule has 1 aliphatic heterocycles. The molecular weight excluding hydrogens is 413 g/mol. The maximum absolute atomic E-state index is 13.1. The third kappa shape index (κ3) is 4.24. The molecule has 4 rings (SSSR count). The van der Waals surface area contributed by atoms with Gasteiger partial charge in [-0.1, -0.05) is 31.4 Å². The summed E-state index contributed by atoms with van der Waals surface area (Å²) in [6, 6.07) is 7.39. The lowest BCUT2D eigenvalue weighted by Gasteiger charge is -2.41. The predicted molar refractivity (Wildman–Crippen MR) is 115 cm³/mol. The van der Waals surface area contributed by atoms with E-state index in [0.717, 1.165) is 31.2 Å². The monoisotopic (exact) mass is 441 g/mol. The Bertz CT molecular complexity index is 1030. The zero-order chi connectivity index (χ0) is 22.9. The van der Waals surface area contributed by atoms with E-state index in [2.05, 4.69) is 15.7 Å². The fourth-order valence-corrected chi connectivity index (χ4v) is 4.30. The average molecular weight is 442 g/mol. The lowest BCUT2D eigenvalue weighted by atomic mass is 9.92. The van der Waals surface area contributed by atoms with Crippen molar-refractivity contribution in [1.29, 1.82) is 0 Å². The Kier molecular flexibility index (Phi) is 5.99. The first-order chi connectivity index (χ1) is 15.3. The third-order valence-corrected chi connectivity index (χ3v) is 6.53. The van der Waals surface area contributed by atoms with Crippen LogP contribution >= 0.6 is 0 Å². The van der Waals surface area contributed by atoms with Crippen LogP contribution in [0.5, 0.6) is 0 Å². The second-order valence-corrected chi connectivity index (χ2v) is 8.83. The topological polar surface area (TPSA) is 96.3 Å². The molecule has 1 atom stereocenters. The lowest BCUT2D eigenvalue weighted by Crippen LogP contribution is -2.63. The molecule has 0 unspecified atom stereocenters. The zero-order valence-corrected chi connectivity index (χ0v) is 18.4. The van der Waals surface area contributed by atoms with Gasteiger partial charge in [0.2, 0.25) is 5.91 Å². The molecule has 0 bridgehead atoms. The van der Waals surface area contributed by atoms with Crippen molar-refractivity contribution in [2.75, 3.05) is 7.05 Å². The Morgan fingerprint density at radius 2 is 1.88 bits per heavy atom.